The topological polar surface area (TPSA) is 0 Å². The van der Waals surface area contributed by atoms with E-state index < -0.39 is 0 Å². The minimum atomic E-state index is 0. The van der Waals surface area contributed by atoms with Crippen LogP contribution in [0, 0.1) is 6.92 Å². The zero-order chi connectivity index (χ0) is 12.8. The molecule has 0 radical (unpaired) electrons. The Bertz CT molecular complexity index is 468. The summed E-state index contributed by atoms with van der Waals surface area (Å²) in [6.07, 6.45) is 5.14. The third kappa shape index (κ3) is 3.46. The van der Waals surface area contributed by atoms with Crippen LogP contribution in [-0.2, 0) is 6.42 Å². The highest BCUT2D eigenvalue weighted by Crippen LogP contribution is 2.20. The molecule has 0 amide bonds. The normalized spacial score (nSPS) is 10.6. The fraction of sp³-hybridized carbons (Fsp3) is 0.333. The molecule has 0 aliphatic heterocycles. The molecule has 2 aromatic rings. The van der Waals surface area contributed by atoms with Crippen molar-refractivity contribution in [2.45, 2.75) is 39.5 Å². The Kier molecular flexibility index (Phi) is 4.58. The fourth-order valence-electron chi connectivity index (χ4n) is 2.19. The Hall–Kier alpha value is -1.56. The van der Waals surface area contributed by atoms with Gasteiger partial charge < -0.3 is 0 Å². The van der Waals surface area contributed by atoms with Gasteiger partial charge in [0.2, 0.25) is 0 Å². The summed E-state index contributed by atoms with van der Waals surface area (Å²) in [5.74, 6) is 0. The molecule has 0 spiro atoms. The van der Waals surface area contributed by atoms with E-state index in [-0.39, 0.29) is 1.43 Å². The van der Waals surface area contributed by atoms with Crippen molar-refractivity contribution in [1.82, 2.24) is 0 Å². The summed E-state index contributed by atoms with van der Waals surface area (Å²) in [6, 6.07) is 17.8. The lowest BCUT2D eigenvalue weighted by Gasteiger charge is -2.05. The number of unbranched alkanes of at least 4 members (excludes halogenated alkanes) is 2. The molecule has 0 nitrogen and oxygen atoms in total. The van der Waals surface area contributed by atoms with Gasteiger partial charge in [-0.1, -0.05) is 73.9 Å². The maximum atomic E-state index is 2.27. The first-order valence-electron chi connectivity index (χ1n) is 6.95. The first-order valence-corrected chi connectivity index (χ1v) is 6.95. The van der Waals surface area contributed by atoms with Gasteiger partial charge in [-0.15, -0.1) is 0 Å². The molecule has 0 aliphatic carbocycles. The second-order valence-corrected chi connectivity index (χ2v) is 5.02. The van der Waals surface area contributed by atoms with E-state index in [1.54, 1.807) is 0 Å². The molecule has 2 rings (SSSR count). The van der Waals surface area contributed by atoms with Crippen molar-refractivity contribution in [2.24, 2.45) is 0 Å². The van der Waals surface area contributed by atoms with Gasteiger partial charge in [0.1, 0.15) is 0 Å². The molecule has 96 valence electrons. The van der Waals surface area contributed by atoms with Gasteiger partial charge in [0.25, 0.3) is 0 Å². The van der Waals surface area contributed by atoms with Gasteiger partial charge in [0, 0.05) is 1.43 Å². The smallest absolute Gasteiger partial charge is 0 e. The van der Waals surface area contributed by atoms with E-state index in [0.717, 1.165) is 0 Å². The lowest BCUT2D eigenvalue weighted by atomic mass is 10.0. The van der Waals surface area contributed by atoms with Gasteiger partial charge in [-0.05, 0) is 36.5 Å². The van der Waals surface area contributed by atoms with Crippen molar-refractivity contribution in [3.63, 3.8) is 0 Å². The highest BCUT2D eigenvalue weighted by atomic mass is 14.0. The van der Waals surface area contributed by atoms with Gasteiger partial charge in [0.05, 0.1) is 0 Å². The molecule has 0 saturated carbocycles. The first-order chi connectivity index (χ1) is 8.79. The van der Waals surface area contributed by atoms with Crippen LogP contribution in [0.2, 0.25) is 0 Å². The largest absolute Gasteiger partial charge is 0.0654 e. The maximum Gasteiger partial charge on any atom is 0 e. The van der Waals surface area contributed by atoms with Gasteiger partial charge in [-0.2, -0.15) is 0 Å². The lowest BCUT2D eigenvalue weighted by Crippen LogP contribution is -1.86. The van der Waals surface area contributed by atoms with E-state index in [1.165, 1.54) is 47.9 Å². The number of hydrogen-bond donors (Lipinski definition) is 0. The van der Waals surface area contributed by atoms with E-state index in [9.17, 15) is 0 Å². The van der Waals surface area contributed by atoms with Crippen LogP contribution >= 0.6 is 0 Å². The van der Waals surface area contributed by atoms with E-state index in [0.29, 0.717) is 0 Å². The third-order valence-electron chi connectivity index (χ3n) is 3.41. The second kappa shape index (κ2) is 6.39. The van der Waals surface area contributed by atoms with Gasteiger partial charge in [0.15, 0.2) is 0 Å². The zero-order valence-corrected chi connectivity index (χ0v) is 11.4. The third-order valence-corrected chi connectivity index (χ3v) is 3.41. The minimum Gasteiger partial charge on any atom is -0.0654 e. The molecule has 0 N–H and O–H groups in total. The van der Waals surface area contributed by atoms with Crippen molar-refractivity contribution in [2.75, 3.05) is 0 Å². The Morgan fingerprint density at radius 3 is 1.89 bits per heavy atom. The van der Waals surface area contributed by atoms with Crippen LogP contribution in [0.5, 0.6) is 0 Å². The summed E-state index contributed by atoms with van der Waals surface area (Å²) in [4.78, 5) is 0. The van der Waals surface area contributed by atoms with Crippen molar-refractivity contribution < 1.29 is 1.43 Å². The Morgan fingerprint density at radius 2 is 1.33 bits per heavy atom. The Balaban J connectivity index is 0.00000180. The van der Waals surface area contributed by atoms with Gasteiger partial charge in [-0.3, -0.25) is 0 Å². The molecular weight excluding hydrogens is 216 g/mol. The Labute approximate surface area is 112 Å². The molecule has 0 saturated heterocycles. The number of benzene rings is 2. The maximum absolute atomic E-state index is 2.27. The van der Waals surface area contributed by atoms with E-state index in [1.807, 2.05) is 0 Å². The van der Waals surface area contributed by atoms with Crippen LogP contribution in [0.15, 0.2) is 48.5 Å². The van der Waals surface area contributed by atoms with Crippen LogP contribution in [0.1, 0.15) is 38.7 Å². The van der Waals surface area contributed by atoms with Crippen molar-refractivity contribution in [3.05, 3.63) is 59.7 Å². The molecule has 0 aromatic heterocycles. The van der Waals surface area contributed by atoms with Crippen LogP contribution in [0.3, 0.4) is 0 Å². The lowest BCUT2D eigenvalue weighted by molar-refractivity contribution is 0.717. The minimum absolute atomic E-state index is 0. The first kappa shape index (κ1) is 12.9. The molecule has 0 bridgehead atoms. The number of aryl methyl sites for hydroxylation is 2. The van der Waals surface area contributed by atoms with Gasteiger partial charge >= 0.3 is 0 Å². The van der Waals surface area contributed by atoms with Crippen molar-refractivity contribution in [1.29, 1.82) is 0 Å². The average Bonchev–Trinajstić information content (AvgIpc) is 2.41. The summed E-state index contributed by atoms with van der Waals surface area (Å²) in [6.45, 7) is 4.38. The quantitative estimate of drug-likeness (QED) is 0.593. The molecule has 0 heterocycles. The SMILES string of the molecule is CCCCCc1ccc(-c2ccc(C)cc2)cc1.[HH]. The Morgan fingerprint density at radius 1 is 0.778 bits per heavy atom. The molecule has 18 heavy (non-hydrogen) atoms. The predicted octanol–water partition coefficient (Wildman–Crippen LogP) is 5.64. The summed E-state index contributed by atoms with van der Waals surface area (Å²) in [5.41, 5.74) is 5.39. The molecule has 0 fully saturated rings. The molecule has 0 atom stereocenters. The summed E-state index contributed by atoms with van der Waals surface area (Å²) >= 11 is 0. The van der Waals surface area contributed by atoms with Crippen molar-refractivity contribution in [3.8, 4) is 11.1 Å². The molecule has 2 aromatic carbocycles. The zero-order valence-electron chi connectivity index (χ0n) is 11.4. The average molecular weight is 240 g/mol. The predicted molar refractivity (Wildman–Crippen MR) is 82.0 cm³/mol. The van der Waals surface area contributed by atoms with Crippen LogP contribution < -0.4 is 0 Å². The molecule has 0 aliphatic rings. The van der Waals surface area contributed by atoms with Crippen LogP contribution in [0.25, 0.3) is 11.1 Å². The van der Waals surface area contributed by atoms with Crippen LogP contribution in [-0.4, -0.2) is 0 Å². The monoisotopic (exact) mass is 240 g/mol. The van der Waals surface area contributed by atoms with E-state index >= 15 is 0 Å². The summed E-state index contributed by atoms with van der Waals surface area (Å²) < 4.78 is 0. The fourth-order valence-corrected chi connectivity index (χ4v) is 2.19. The van der Waals surface area contributed by atoms with E-state index in [4.69, 9.17) is 0 Å². The highest BCUT2D eigenvalue weighted by molar-refractivity contribution is 5.63. The number of hydrogen-bond acceptors (Lipinski definition) is 0. The molecule has 0 heteroatoms. The summed E-state index contributed by atoms with van der Waals surface area (Å²) in [7, 11) is 0. The summed E-state index contributed by atoms with van der Waals surface area (Å²) in [5, 5.41) is 0. The van der Waals surface area contributed by atoms with E-state index in [2.05, 4.69) is 62.4 Å². The standard InChI is InChI=1S/C18H22.H2/c1-3-4-5-6-16-9-13-18(14-10-16)17-11-7-15(2)8-12-17;/h7-14H,3-6H2,1-2H3;1H. The number of rotatable bonds is 5. The molecular formula is C18H24. The molecule has 0 unspecified atom stereocenters. The second-order valence-electron chi connectivity index (χ2n) is 5.02. The van der Waals surface area contributed by atoms with Gasteiger partial charge in [-0.25, -0.2) is 0 Å². The highest BCUT2D eigenvalue weighted by Gasteiger charge is 1.98. The van der Waals surface area contributed by atoms with Crippen molar-refractivity contribution >= 4 is 0 Å². The van der Waals surface area contributed by atoms with Crippen LogP contribution in [0.4, 0.5) is 0 Å².